The van der Waals surface area contributed by atoms with Crippen LogP contribution >= 0.6 is 34.8 Å². The molecule has 1 aromatic heterocycles. The third-order valence-electron chi connectivity index (χ3n) is 2.35. The Hall–Kier alpha value is -0.880. The number of benzene rings is 1. The Morgan fingerprint density at radius 1 is 1.25 bits per heavy atom. The summed E-state index contributed by atoms with van der Waals surface area (Å²) in [5, 5.41) is 0. The average molecular weight is 342 g/mol. The van der Waals surface area contributed by atoms with Crippen molar-refractivity contribution in [1.29, 1.82) is 0 Å². The first-order valence-corrected chi connectivity index (χ1v) is 6.35. The highest BCUT2D eigenvalue weighted by atomic mass is 127. The number of rotatable bonds is 3. The molecule has 0 atom stereocenters. The molecule has 82 valence electrons. The van der Waals surface area contributed by atoms with Gasteiger partial charge in [-0.15, -0.1) is 0 Å². The summed E-state index contributed by atoms with van der Waals surface area (Å²) >= 11 is 7.29. The fourth-order valence-electron chi connectivity index (χ4n) is 1.56. The molecule has 0 unspecified atom stereocenters. The molecule has 0 amide bonds. The lowest BCUT2D eigenvalue weighted by atomic mass is 10.2. The highest BCUT2D eigenvalue weighted by molar-refractivity contribution is 14.1. The number of hydrogen-bond acceptors (Lipinski definition) is 1. The standard InChI is InChI=1S/C12H11IN2S/c13-10-5-3-9(4-6-10)8-15-7-1-2-11(15)12(14)16/h1-7H,8H2,(H2,14,16). The summed E-state index contributed by atoms with van der Waals surface area (Å²) in [6.07, 6.45) is 1.99. The minimum atomic E-state index is 0.440. The van der Waals surface area contributed by atoms with Crippen molar-refractivity contribution in [2.24, 2.45) is 5.73 Å². The van der Waals surface area contributed by atoms with Crippen LogP contribution in [0.15, 0.2) is 42.6 Å². The van der Waals surface area contributed by atoms with Crippen molar-refractivity contribution in [3.05, 3.63) is 57.4 Å². The Labute approximate surface area is 114 Å². The summed E-state index contributed by atoms with van der Waals surface area (Å²) in [7, 11) is 0. The molecule has 0 saturated carbocycles. The van der Waals surface area contributed by atoms with Crippen LogP contribution in [0.3, 0.4) is 0 Å². The molecule has 16 heavy (non-hydrogen) atoms. The van der Waals surface area contributed by atoms with Gasteiger partial charge < -0.3 is 10.3 Å². The molecule has 2 rings (SSSR count). The van der Waals surface area contributed by atoms with Crippen molar-refractivity contribution in [1.82, 2.24) is 4.57 Å². The summed E-state index contributed by atoms with van der Waals surface area (Å²) in [6, 6.07) is 12.3. The average Bonchev–Trinajstić information content (AvgIpc) is 2.69. The van der Waals surface area contributed by atoms with Crippen molar-refractivity contribution in [2.75, 3.05) is 0 Å². The number of halogens is 1. The van der Waals surface area contributed by atoms with Crippen LogP contribution in [0.25, 0.3) is 0 Å². The first kappa shape index (κ1) is 11.6. The van der Waals surface area contributed by atoms with E-state index in [-0.39, 0.29) is 0 Å². The van der Waals surface area contributed by atoms with Crippen molar-refractivity contribution in [2.45, 2.75) is 6.54 Å². The molecule has 1 heterocycles. The van der Waals surface area contributed by atoms with Crippen LogP contribution in [0, 0.1) is 3.57 Å². The zero-order chi connectivity index (χ0) is 11.5. The molecular formula is C12H11IN2S. The van der Waals surface area contributed by atoms with Crippen LogP contribution in [0.4, 0.5) is 0 Å². The molecular weight excluding hydrogens is 331 g/mol. The Morgan fingerprint density at radius 3 is 2.56 bits per heavy atom. The van der Waals surface area contributed by atoms with E-state index >= 15 is 0 Å². The maximum Gasteiger partial charge on any atom is 0.120 e. The molecule has 2 aromatic rings. The van der Waals surface area contributed by atoms with Crippen LogP contribution in [0.2, 0.25) is 0 Å². The van der Waals surface area contributed by atoms with Crippen LogP contribution in [-0.2, 0) is 6.54 Å². The van der Waals surface area contributed by atoms with E-state index in [0.29, 0.717) is 4.99 Å². The second-order valence-corrected chi connectivity index (χ2v) is 5.20. The lowest BCUT2D eigenvalue weighted by Gasteiger charge is -2.08. The summed E-state index contributed by atoms with van der Waals surface area (Å²) in [6.45, 7) is 0.802. The molecule has 0 aliphatic heterocycles. The molecule has 0 aliphatic rings. The molecule has 2 N–H and O–H groups in total. The van der Waals surface area contributed by atoms with E-state index in [1.54, 1.807) is 0 Å². The largest absolute Gasteiger partial charge is 0.388 e. The third kappa shape index (κ3) is 2.62. The monoisotopic (exact) mass is 342 g/mol. The molecule has 2 nitrogen and oxygen atoms in total. The summed E-state index contributed by atoms with van der Waals surface area (Å²) < 4.78 is 3.30. The Kier molecular flexibility index (Phi) is 3.60. The fraction of sp³-hybridized carbons (Fsp3) is 0.0833. The molecule has 1 aromatic carbocycles. The van der Waals surface area contributed by atoms with Gasteiger partial charge in [-0.1, -0.05) is 24.4 Å². The van der Waals surface area contributed by atoms with Gasteiger partial charge in [-0.25, -0.2) is 0 Å². The summed E-state index contributed by atoms with van der Waals surface area (Å²) in [5.41, 5.74) is 7.80. The first-order chi connectivity index (χ1) is 7.66. The molecule has 0 aliphatic carbocycles. The van der Waals surface area contributed by atoms with Gasteiger partial charge in [0.05, 0.1) is 5.69 Å². The lowest BCUT2D eigenvalue weighted by Crippen LogP contribution is -2.15. The van der Waals surface area contributed by atoms with Gasteiger partial charge in [0, 0.05) is 16.3 Å². The van der Waals surface area contributed by atoms with Crippen molar-refractivity contribution >= 4 is 39.8 Å². The highest BCUT2D eigenvalue weighted by Crippen LogP contribution is 2.10. The van der Waals surface area contributed by atoms with Gasteiger partial charge in [-0.2, -0.15) is 0 Å². The van der Waals surface area contributed by atoms with Gasteiger partial charge in [0.15, 0.2) is 0 Å². The Balaban J connectivity index is 2.23. The minimum Gasteiger partial charge on any atom is -0.388 e. The van der Waals surface area contributed by atoms with E-state index in [1.807, 2.05) is 18.3 Å². The first-order valence-electron chi connectivity index (χ1n) is 4.86. The van der Waals surface area contributed by atoms with Gasteiger partial charge in [0.1, 0.15) is 4.99 Å². The third-order valence-corrected chi connectivity index (χ3v) is 3.28. The fourth-order valence-corrected chi connectivity index (χ4v) is 2.11. The molecule has 0 bridgehead atoms. The zero-order valence-electron chi connectivity index (χ0n) is 8.56. The number of aromatic nitrogens is 1. The van der Waals surface area contributed by atoms with E-state index < -0.39 is 0 Å². The summed E-state index contributed by atoms with van der Waals surface area (Å²) in [4.78, 5) is 0.440. The quantitative estimate of drug-likeness (QED) is 0.687. The number of thiocarbonyl (C=S) groups is 1. The molecule has 4 heteroatoms. The van der Waals surface area contributed by atoms with Crippen molar-refractivity contribution in [3.63, 3.8) is 0 Å². The minimum absolute atomic E-state index is 0.440. The van der Waals surface area contributed by atoms with Gasteiger partial charge >= 0.3 is 0 Å². The van der Waals surface area contributed by atoms with Gasteiger partial charge in [-0.05, 0) is 52.4 Å². The predicted molar refractivity (Wildman–Crippen MR) is 78.6 cm³/mol. The normalized spacial score (nSPS) is 10.3. The highest BCUT2D eigenvalue weighted by Gasteiger charge is 2.03. The van der Waals surface area contributed by atoms with Gasteiger partial charge in [0.25, 0.3) is 0 Å². The van der Waals surface area contributed by atoms with E-state index in [0.717, 1.165) is 12.2 Å². The Morgan fingerprint density at radius 2 is 1.94 bits per heavy atom. The van der Waals surface area contributed by atoms with E-state index in [2.05, 4.69) is 51.4 Å². The number of nitrogens with two attached hydrogens (primary N) is 1. The van der Waals surface area contributed by atoms with Crippen molar-refractivity contribution < 1.29 is 0 Å². The molecule has 0 fully saturated rings. The SMILES string of the molecule is NC(=S)c1cccn1Cc1ccc(I)cc1. The van der Waals surface area contributed by atoms with Crippen LogP contribution < -0.4 is 5.73 Å². The lowest BCUT2D eigenvalue weighted by molar-refractivity contribution is 0.798. The maximum absolute atomic E-state index is 5.65. The van der Waals surface area contributed by atoms with Crippen LogP contribution in [-0.4, -0.2) is 9.56 Å². The summed E-state index contributed by atoms with van der Waals surface area (Å²) in [5.74, 6) is 0. The molecule has 0 spiro atoms. The second kappa shape index (κ2) is 4.97. The van der Waals surface area contributed by atoms with E-state index in [9.17, 15) is 0 Å². The topological polar surface area (TPSA) is 30.9 Å². The predicted octanol–water partition coefficient (Wildman–Crippen LogP) is 2.78. The van der Waals surface area contributed by atoms with Crippen molar-refractivity contribution in [3.8, 4) is 0 Å². The van der Waals surface area contributed by atoms with Crippen LogP contribution in [0.5, 0.6) is 0 Å². The second-order valence-electron chi connectivity index (χ2n) is 3.51. The van der Waals surface area contributed by atoms with E-state index in [1.165, 1.54) is 9.13 Å². The van der Waals surface area contributed by atoms with E-state index in [4.69, 9.17) is 18.0 Å². The maximum atomic E-state index is 5.65. The molecule has 0 saturated heterocycles. The van der Waals surface area contributed by atoms with Crippen LogP contribution in [0.1, 0.15) is 11.3 Å². The van der Waals surface area contributed by atoms with Gasteiger partial charge in [-0.3, -0.25) is 0 Å². The Bertz CT molecular complexity index is 502. The molecule has 0 radical (unpaired) electrons. The number of hydrogen-bond donors (Lipinski definition) is 1. The smallest absolute Gasteiger partial charge is 0.120 e. The van der Waals surface area contributed by atoms with Gasteiger partial charge in [0.2, 0.25) is 0 Å². The number of nitrogens with zero attached hydrogens (tertiary/aromatic N) is 1. The zero-order valence-corrected chi connectivity index (χ0v) is 11.5.